The number of rotatable bonds is 6. The van der Waals surface area contributed by atoms with Gasteiger partial charge in [-0.2, -0.15) is 15.0 Å². The third-order valence-corrected chi connectivity index (χ3v) is 4.14. The molecule has 1 aromatic heterocycles. The van der Waals surface area contributed by atoms with E-state index in [1.54, 1.807) is 0 Å². The largest absolute Gasteiger partial charge is 0.368 e. The third kappa shape index (κ3) is 3.49. The first-order valence-electron chi connectivity index (χ1n) is 7.67. The van der Waals surface area contributed by atoms with Crippen LogP contribution in [0.15, 0.2) is 0 Å². The van der Waals surface area contributed by atoms with Crippen LogP contribution in [0.25, 0.3) is 0 Å². The molecular weight excluding hydrogens is 252 g/mol. The molecule has 1 aromatic rings. The molecule has 0 amide bonds. The van der Waals surface area contributed by atoms with E-state index in [1.807, 2.05) is 0 Å². The van der Waals surface area contributed by atoms with Crippen LogP contribution in [0.2, 0.25) is 0 Å². The van der Waals surface area contributed by atoms with Crippen LogP contribution in [0, 0.1) is 5.92 Å². The highest BCUT2D eigenvalue weighted by molar-refractivity contribution is 5.42. The second-order valence-corrected chi connectivity index (χ2v) is 5.52. The molecule has 1 aliphatic rings. The van der Waals surface area contributed by atoms with Gasteiger partial charge in [-0.3, -0.25) is 0 Å². The smallest absolute Gasteiger partial charge is 0.231 e. The molecule has 112 valence electrons. The summed E-state index contributed by atoms with van der Waals surface area (Å²) in [4.78, 5) is 15.2. The minimum absolute atomic E-state index is 0.293. The molecule has 20 heavy (non-hydrogen) atoms. The molecule has 1 saturated heterocycles. The predicted molar refractivity (Wildman–Crippen MR) is 82.8 cm³/mol. The summed E-state index contributed by atoms with van der Waals surface area (Å²) in [5.41, 5.74) is 5.81. The number of hydrogen-bond acceptors (Lipinski definition) is 6. The second-order valence-electron chi connectivity index (χ2n) is 5.52. The number of nitrogens with one attached hydrogen (secondary N) is 1. The summed E-state index contributed by atoms with van der Waals surface area (Å²) in [6.07, 6.45) is 4.67. The summed E-state index contributed by atoms with van der Waals surface area (Å²) in [6.45, 7) is 8.61. The normalized spacial score (nSPS) is 16.7. The Bertz CT molecular complexity index is 426. The fourth-order valence-electron chi connectivity index (χ4n) is 2.82. The Labute approximate surface area is 121 Å². The molecule has 0 aliphatic carbocycles. The van der Waals surface area contributed by atoms with Crippen molar-refractivity contribution in [3.63, 3.8) is 0 Å². The van der Waals surface area contributed by atoms with E-state index in [0.717, 1.165) is 25.9 Å². The molecule has 1 atom stereocenters. The van der Waals surface area contributed by atoms with E-state index < -0.39 is 0 Å². The lowest BCUT2D eigenvalue weighted by Crippen LogP contribution is -2.28. The average molecular weight is 278 g/mol. The predicted octanol–water partition coefficient (Wildman–Crippen LogP) is 2.29. The molecule has 3 N–H and O–H groups in total. The van der Waals surface area contributed by atoms with E-state index in [9.17, 15) is 0 Å². The van der Waals surface area contributed by atoms with Crippen LogP contribution in [0.1, 0.15) is 46.5 Å². The number of hydrogen-bond donors (Lipinski definition) is 2. The molecule has 0 bridgehead atoms. The van der Waals surface area contributed by atoms with Gasteiger partial charge in [-0.1, -0.05) is 26.7 Å². The minimum Gasteiger partial charge on any atom is -0.368 e. The van der Waals surface area contributed by atoms with Gasteiger partial charge in [-0.25, -0.2) is 0 Å². The molecular formula is C14H26N6. The van der Waals surface area contributed by atoms with Gasteiger partial charge in [0.15, 0.2) is 0 Å². The zero-order valence-electron chi connectivity index (χ0n) is 12.8. The zero-order valence-corrected chi connectivity index (χ0v) is 12.8. The van der Waals surface area contributed by atoms with Gasteiger partial charge in [0.1, 0.15) is 0 Å². The first-order chi connectivity index (χ1) is 9.63. The molecule has 1 fully saturated rings. The summed E-state index contributed by atoms with van der Waals surface area (Å²) in [5, 5.41) is 3.38. The van der Waals surface area contributed by atoms with Crippen molar-refractivity contribution in [2.45, 2.75) is 52.5 Å². The first kappa shape index (κ1) is 14.8. The molecule has 2 rings (SSSR count). The van der Waals surface area contributed by atoms with Gasteiger partial charge in [0, 0.05) is 19.1 Å². The highest BCUT2D eigenvalue weighted by Gasteiger charge is 2.19. The van der Waals surface area contributed by atoms with E-state index >= 15 is 0 Å². The summed E-state index contributed by atoms with van der Waals surface area (Å²) < 4.78 is 0. The Balaban J connectivity index is 2.11. The third-order valence-electron chi connectivity index (χ3n) is 4.14. The van der Waals surface area contributed by atoms with Gasteiger partial charge in [-0.15, -0.1) is 0 Å². The summed E-state index contributed by atoms with van der Waals surface area (Å²) in [5.74, 6) is 2.21. The molecule has 2 heterocycles. The number of nitrogen functional groups attached to an aromatic ring is 1. The van der Waals surface area contributed by atoms with Crippen LogP contribution in [0.5, 0.6) is 0 Å². The maximum atomic E-state index is 5.81. The summed E-state index contributed by atoms with van der Waals surface area (Å²) in [7, 11) is 0. The lowest BCUT2D eigenvalue weighted by molar-refractivity contribution is 0.436. The molecule has 1 aliphatic heterocycles. The van der Waals surface area contributed by atoms with Crippen molar-refractivity contribution in [2.75, 3.05) is 29.0 Å². The Kier molecular flexibility index (Phi) is 4.98. The van der Waals surface area contributed by atoms with Crippen LogP contribution in [0.4, 0.5) is 17.8 Å². The Morgan fingerprint density at radius 2 is 1.80 bits per heavy atom. The standard InChI is InChI=1S/C14H26N6/c1-4-11(5-2)10(3)16-13-17-12(15)18-14(19-13)20-8-6-7-9-20/h10-11H,4-9H2,1-3H3,(H3,15,16,17,18,19). The molecule has 0 radical (unpaired) electrons. The first-order valence-corrected chi connectivity index (χ1v) is 7.67. The topological polar surface area (TPSA) is 80.0 Å². The van der Waals surface area contributed by atoms with E-state index in [4.69, 9.17) is 5.73 Å². The lowest BCUT2D eigenvalue weighted by Gasteiger charge is -2.23. The van der Waals surface area contributed by atoms with Crippen LogP contribution in [-0.2, 0) is 0 Å². The fraction of sp³-hybridized carbons (Fsp3) is 0.786. The number of anilines is 3. The maximum Gasteiger partial charge on any atom is 0.231 e. The van der Waals surface area contributed by atoms with E-state index in [-0.39, 0.29) is 0 Å². The van der Waals surface area contributed by atoms with E-state index in [2.05, 4.69) is 45.9 Å². The molecule has 1 unspecified atom stereocenters. The minimum atomic E-state index is 0.293. The van der Waals surface area contributed by atoms with Crippen molar-refractivity contribution in [2.24, 2.45) is 5.92 Å². The van der Waals surface area contributed by atoms with Crippen molar-refractivity contribution >= 4 is 17.8 Å². The molecule has 6 nitrogen and oxygen atoms in total. The van der Waals surface area contributed by atoms with Crippen LogP contribution < -0.4 is 16.0 Å². The molecule has 0 saturated carbocycles. The van der Waals surface area contributed by atoms with Crippen LogP contribution in [-0.4, -0.2) is 34.1 Å². The number of nitrogens with two attached hydrogens (primary N) is 1. The summed E-state index contributed by atoms with van der Waals surface area (Å²) in [6, 6.07) is 0.332. The van der Waals surface area contributed by atoms with Gasteiger partial charge in [0.25, 0.3) is 0 Å². The van der Waals surface area contributed by atoms with Crippen molar-refractivity contribution in [1.29, 1.82) is 0 Å². The Hall–Kier alpha value is -1.59. The Morgan fingerprint density at radius 1 is 1.15 bits per heavy atom. The van der Waals surface area contributed by atoms with Gasteiger partial charge < -0.3 is 16.0 Å². The van der Waals surface area contributed by atoms with E-state index in [0.29, 0.717) is 29.8 Å². The quantitative estimate of drug-likeness (QED) is 0.831. The second kappa shape index (κ2) is 6.72. The lowest BCUT2D eigenvalue weighted by atomic mass is 9.96. The van der Waals surface area contributed by atoms with Gasteiger partial charge in [-0.05, 0) is 25.7 Å². The Morgan fingerprint density at radius 3 is 2.40 bits per heavy atom. The monoisotopic (exact) mass is 278 g/mol. The number of nitrogens with zero attached hydrogens (tertiary/aromatic N) is 4. The number of aromatic nitrogens is 3. The highest BCUT2D eigenvalue weighted by atomic mass is 15.3. The average Bonchev–Trinajstić information content (AvgIpc) is 2.93. The van der Waals surface area contributed by atoms with Gasteiger partial charge in [0.2, 0.25) is 17.8 Å². The van der Waals surface area contributed by atoms with Crippen LogP contribution in [0.3, 0.4) is 0 Å². The van der Waals surface area contributed by atoms with Gasteiger partial charge >= 0.3 is 0 Å². The molecule has 0 spiro atoms. The summed E-state index contributed by atoms with van der Waals surface area (Å²) >= 11 is 0. The zero-order chi connectivity index (χ0) is 14.5. The SMILES string of the molecule is CCC(CC)C(C)Nc1nc(N)nc(N2CCCC2)n1. The molecule has 0 aromatic carbocycles. The van der Waals surface area contributed by atoms with Crippen molar-refractivity contribution in [3.05, 3.63) is 0 Å². The fourth-order valence-corrected chi connectivity index (χ4v) is 2.82. The van der Waals surface area contributed by atoms with E-state index in [1.165, 1.54) is 12.8 Å². The van der Waals surface area contributed by atoms with Crippen molar-refractivity contribution in [1.82, 2.24) is 15.0 Å². The van der Waals surface area contributed by atoms with Crippen LogP contribution >= 0.6 is 0 Å². The molecule has 6 heteroatoms. The highest BCUT2D eigenvalue weighted by Crippen LogP contribution is 2.20. The van der Waals surface area contributed by atoms with Crippen molar-refractivity contribution in [3.8, 4) is 0 Å². The van der Waals surface area contributed by atoms with Gasteiger partial charge in [0.05, 0.1) is 0 Å². The maximum absolute atomic E-state index is 5.81. The van der Waals surface area contributed by atoms with Crippen molar-refractivity contribution < 1.29 is 0 Å².